The Balaban J connectivity index is 1.68. The van der Waals surface area contributed by atoms with E-state index in [1.807, 2.05) is 24.5 Å². The van der Waals surface area contributed by atoms with Gasteiger partial charge in [0, 0.05) is 23.0 Å². The number of hydrogen-bond acceptors (Lipinski definition) is 4. The van der Waals surface area contributed by atoms with Gasteiger partial charge in [-0.25, -0.2) is 0 Å². The SMILES string of the molecule is CSSc1cccc2c(C(=O)NCCc3ccc(C(C)(C)C)cc3)ccnc12. The average molecular weight is 411 g/mol. The van der Waals surface area contributed by atoms with Crippen LogP contribution in [-0.4, -0.2) is 23.7 Å². The van der Waals surface area contributed by atoms with E-state index in [1.54, 1.807) is 33.9 Å². The third-order valence-corrected chi connectivity index (χ3v) is 6.39. The summed E-state index contributed by atoms with van der Waals surface area (Å²) in [7, 11) is 3.34. The zero-order chi connectivity index (χ0) is 20.1. The van der Waals surface area contributed by atoms with Crippen LogP contribution in [0.1, 0.15) is 42.3 Å². The van der Waals surface area contributed by atoms with E-state index in [2.05, 4.69) is 55.3 Å². The Labute approximate surface area is 175 Å². The van der Waals surface area contributed by atoms with Gasteiger partial charge in [-0.15, -0.1) is 0 Å². The summed E-state index contributed by atoms with van der Waals surface area (Å²) >= 11 is 0. The monoisotopic (exact) mass is 410 g/mol. The van der Waals surface area contributed by atoms with E-state index in [-0.39, 0.29) is 11.3 Å². The second-order valence-electron chi connectivity index (χ2n) is 7.71. The van der Waals surface area contributed by atoms with Gasteiger partial charge in [-0.2, -0.15) is 0 Å². The third kappa shape index (κ3) is 4.89. The van der Waals surface area contributed by atoms with Gasteiger partial charge >= 0.3 is 0 Å². The van der Waals surface area contributed by atoms with E-state index >= 15 is 0 Å². The molecule has 0 atom stereocenters. The Morgan fingerprint density at radius 1 is 1.07 bits per heavy atom. The number of amides is 1. The van der Waals surface area contributed by atoms with E-state index in [9.17, 15) is 4.79 Å². The number of hydrogen-bond donors (Lipinski definition) is 1. The summed E-state index contributed by atoms with van der Waals surface area (Å²) in [5.74, 6) is -0.0509. The van der Waals surface area contributed by atoms with Crippen LogP contribution in [-0.2, 0) is 11.8 Å². The molecule has 0 aliphatic rings. The van der Waals surface area contributed by atoms with E-state index in [0.29, 0.717) is 12.1 Å². The van der Waals surface area contributed by atoms with Gasteiger partial charge in [-0.05, 0) is 41.4 Å². The van der Waals surface area contributed by atoms with Gasteiger partial charge < -0.3 is 5.32 Å². The highest BCUT2D eigenvalue weighted by atomic mass is 33.1. The minimum atomic E-state index is -0.0509. The largest absolute Gasteiger partial charge is 0.352 e. The molecule has 3 aromatic rings. The molecule has 28 heavy (non-hydrogen) atoms. The molecule has 0 fully saturated rings. The van der Waals surface area contributed by atoms with Crippen molar-refractivity contribution >= 4 is 38.4 Å². The maximum absolute atomic E-state index is 12.8. The summed E-state index contributed by atoms with van der Waals surface area (Å²) in [6, 6.07) is 16.4. The molecule has 3 rings (SSSR count). The maximum Gasteiger partial charge on any atom is 0.252 e. The first-order valence-corrected chi connectivity index (χ1v) is 11.9. The summed E-state index contributed by atoms with van der Waals surface area (Å²) in [6.07, 6.45) is 4.56. The molecular formula is C23H26N2OS2. The fraction of sp³-hybridized carbons (Fsp3) is 0.304. The first-order chi connectivity index (χ1) is 13.4. The van der Waals surface area contributed by atoms with Crippen LogP contribution in [0.2, 0.25) is 0 Å². The first kappa shape index (κ1) is 20.7. The number of carbonyl (C=O) groups excluding carboxylic acids is 1. The lowest BCUT2D eigenvalue weighted by Crippen LogP contribution is -2.26. The van der Waals surface area contributed by atoms with Crippen molar-refractivity contribution in [1.29, 1.82) is 0 Å². The van der Waals surface area contributed by atoms with Crippen molar-refractivity contribution in [3.05, 3.63) is 71.4 Å². The van der Waals surface area contributed by atoms with E-state index in [0.717, 1.165) is 22.2 Å². The average Bonchev–Trinajstić information content (AvgIpc) is 2.67. The first-order valence-electron chi connectivity index (χ1n) is 9.36. The molecule has 1 aromatic heterocycles. The molecule has 0 unspecified atom stereocenters. The fourth-order valence-corrected chi connectivity index (χ4v) is 4.59. The third-order valence-electron chi connectivity index (χ3n) is 4.67. The van der Waals surface area contributed by atoms with Crippen molar-refractivity contribution in [1.82, 2.24) is 10.3 Å². The smallest absolute Gasteiger partial charge is 0.252 e. The molecule has 0 spiro atoms. The Morgan fingerprint density at radius 2 is 1.82 bits per heavy atom. The number of rotatable bonds is 6. The highest BCUT2D eigenvalue weighted by molar-refractivity contribution is 8.76. The lowest BCUT2D eigenvalue weighted by Gasteiger charge is -2.19. The summed E-state index contributed by atoms with van der Waals surface area (Å²) in [5.41, 5.74) is 4.26. The van der Waals surface area contributed by atoms with Crippen LogP contribution >= 0.6 is 21.6 Å². The standard InChI is InChI=1S/C23H26N2OS2/c1-23(2,3)17-10-8-16(9-11-17)12-14-25-22(26)19-13-15-24-21-18(19)6-5-7-20(21)28-27-4/h5-11,13,15H,12,14H2,1-4H3,(H,25,26). The van der Waals surface area contributed by atoms with Gasteiger partial charge in [-0.1, -0.05) is 78.8 Å². The fourth-order valence-electron chi connectivity index (χ4n) is 3.09. The van der Waals surface area contributed by atoms with Gasteiger partial charge in [-0.3, -0.25) is 9.78 Å². The molecule has 5 heteroatoms. The molecule has 0 bridgehead atoms. The minimum absolute atomic E-state index is 0.0509. The maximum atomic E-state index is 12.8. The molecule has 0 radical (unpaired) electrons. The normalized spacial score (nSPS) is 11.6. The number of benzene rings is 2. The van der Waals surface area contributed by atoms with Crippen molar-refractivity contribution in [3.63, 3.8) is 0 Å². The Morgan fingerprint density at radius 3 is 2.50 bits per heavy atom. The predicted octanol–water partition coefficient (Wildman–Crippen LogP) is 5.87. The van der Waals surface area contributed by atoms with Crippen LogP contribution in [0.25, 0.3) is 10.9 Å². The Bertz CT molecular complexity index is 962. The molecule has 1 amide bonds. The zero-order valence-electron chi connectivity index (χ0n) is 16.8. The summed E-state index contributed by atoms with van der Waals surface area (Å²) < 4.78 is 0. The van der Waals surface area contributed by atoms with Crippen LogP contribution in [0.15, 0.2) is 59.6 Å². The quantitative estimate of drug-likeness (QED) is 0.516. The summed E-state index contributed by atoms with van der Waals surface area (Å²) in [5, 5.41) is 3.95. The van der Waals surface area contributed by atoms with Gasteiger partial charge in [0.15, 0.2) is 0 Å². The lowest BCUT2D eigenvalue weighted by atomic mass is 9.86. The van der Waals surface area contributed by atoms with Crippen molar-refractivity contribution in [2.75, 3.05) is 12.8 Å². The van der Waals surface area contributed by atoms with Gasteiger partial charge in [0.25, 0.3) is 5.91 Å². The molecular weight excluding hydrogens is 384 g/mol. The molecule has 1 N–H and O–H groups in total. The molecule has 3 nitrogen and oxygen atoms in total. The number of pyridine rings is 1. The van der Waals surface area contributed by atoms with Crippen LogP contribution in [0, 0.1) is 0 Å². The number of nitrogens with zero attached hydrogens (tertiary/aromatic N) is 1. The summed E-state index contributed by atoms with van der Waals surface area (Å²) in [6.45, 7) is 7.25. The Kier molecular flexibility index (Phi) is 6.68. The number of carbonyl (C=O) groups is 1. The second kappa shape index (κ2) is 9.01. The number of nitrogens with one attached hydrogen (secondary N) is 1. The van der Waals surface area contributed by atoms with E-state index in [1.165, 1.54) is 11.1 Å². The number of para-hydroxylation sites is 1. The molecule has 1 heterocycles. The Hall–Kier alpha value is -1.98. The van der Waals surface area contributed by atoms with Gasteiger partial charge in [0.2, 0.25) is 0 Å². The van der Waals surface area contributed by atoms with Crippen LogP contribution in [0.5, 0.6) is 0 Å². The highest BCUT2D eigenvalue weighted by Gasteiger charge is 2.14. The molecule has 0 aliphatic carbocycles. The summed E-state index contributed by atoms with van der Waals surface area (Å²) in [4.78, 5) is 18.3. The van der Waals surface area contributed by atoms with Gasteiger partial charge in [0.05, 0.1) is 11.1 Å². The van der Waals surface area contributed by atoms with Crippen LogP contribution in [0.4, 0.5) is 0 Å². The highest BCUT2D eigenvalue weighted by Crippen LogP contribution is 2.34. The van der Waals surface area contributed by atoms with Crippen molar-refractivity contribution < 1.29 is 4.79 Å². The van der Waals surface area contributed by atoms with E-state index in [4.69, 9.17) is 0 Å². The molecule has 0 aliphatic heterocycles. The number of aromatic nitrogens is 1. The van der Waals surface area contributed by atoms with Crippen LogP contribution in [0.3, 0.4) is 0 Å². The zero-order valence-corrected chi connectivity index (χ0v) is 18.4. The van der Waals surface area contributed by atoms with Crippen molar-refractivity contribution in [2.24, 2.45) is 0 Å². The van der Waals surface area contributed by atoms with Crippen molar-refractivity contribution in [3.8, 4) is 0 Å². The van der Waals surface area contributed by atoms with Crippen molar-refractivity contribution in [2.45, 2.75) is 37.5 Å². The topological polar surface area (TPSA) is 42.0 Å². The van der Waals surface area contributed by atoms with Crippen LogP contribution < -0.4 is 5.32 Å². The van der Waals surface area contributed by atoms with Gasteiger partial charge in [0.1, 0.15) is 0 Å². The predicted molar refractivity (Wildman–Crippen MR) is 122 cm³/mol. The lowest BCUT2D eigenvalue weighted by molar-refractivity contribution is 0.0955. The second-order valence-corrected chi connectivity index (χ2v) is 10.2. The van der Waals surface area contributed by atoms with E-state index < -0.39 is 0 Å². The molecule has 2 aromatic carbocycles. The molecule has 146 valence electrons. The minimum Gasteiger partial charge on any atom is -0.352 e. The molecule has 0 saturated carbocycles. The molecule has 0 saturated heterocycles. The number of fused-ring (bicyclic) bond motifs is 1.